The summed E-state index contributed by atoms with van der Waals surface area (Å²) in [5.41, 5.74) is 7.57. The maximum Gasteiger partial charge on any atom is 0.274 e. The van der Waals surface area contributed by atoms with Crippen molar-refractivity contribution in [3.8, 4) is 5.69 Å². The SMILES string of the molecule is Cc1ccc(-n2nccn2)c(C(=O)N(C)C(CN)C2CC2)n1. The summed E-state index contributed by atoms with van der Waals surface area (Å²) in [5, 5.41) is 8.20. The average molecular weight is 300 g/mol. The number of hydrogen-bond acceptors (Lipinski definition) is 5. The van der Waals surface area contributed by atoms with Crippen molar-refractivity contribution in [3.05, 3.63) is 35.9 Å². The predicted octanol–water partition coefficient (Wildman–Crippen LogP) is 0.780. The molecule has 1 saturated carbocycles. The van der Waals surface area contributed by atoms with Crippen LogP contribution in [0.15, 0.2) is 24.5 Å². The number of aromatic nitrogens is 4. The van der Waals surface area contributed by atoms with Crippen LogP contribution in [0.5, 0.6) is 0 Å². The van der Waals surface area contributed by atoms with Crippen LogP contribution in [0.4, 0.5) is 0 Å². The first-order valence-corrected chi connectivity index (χ1v) is 7.43. The second kappa shape index (κ2) is 5.84. The zero-order chi connectivity index (χ0) is 15.7. The molecular weight excluding hydrogens is 280 g/mol. The molecule has 2 N–H and O–H groups in total. The summed E-state index contributed by atoms with van der Waals surface area (Å²) in [6.07, 6.45) is 5.41. The Hall–Kier alpha value is -2.28. The van der Waals surface area contributed by atoms with Crippen LogP contribution in [-0.4, -0.2) is 50.4 Å². The molecule has 3 rings (SSSR count). The monoisotopic (exact) mass is 300 g/mol. The van der Waals surface area contributed by atoms with Crippen molar-refractivity contribution < 1.29 is 4.79 Å². The van der Waals surface area contributed by atoms with Gasteiger partial charge >= 0.3 is 0 Å². The van der Waals surface area contributed by atoms with E-state index in [4.69, 9.17) is 5.73 Å². The normalized spacial score (nSPS) is 15.6. The lowest BCUT2D eigenvalue weighted by Gasteiger charge is -2.27. The van der Waals surface area contributed by atoms with Crippen LogP contribution in [0.3, 0.4) is 0 Å². The zero-order valence-corrected chi connectivity index (χ0v) is 12.8. The third-order valence-electron chi connectivity index (χ3n) is 4.08. The first-order valence-electron chi connectivity index (χ1n) is 7.43. The molecule has 1 amide bonds. The lowest BCUT2D eigenvalue weighted by Crippen LogP contribution is -2.44. The molecule has 0 saturated heterocycles. The summed E-state index contributed by atoms with van der Waals surface area (Å²) >= 11 is 0. The van der Waals surface area contributed by atoms with Gasteiger partial charge in [-0.2, -0.15) is 10.2 Å². The van der Waals surface area contributed by atoms with Crippen molar-refractivity contribution in [1.82, 2.24) is 24.9 Å². The Bertz CT molecular complexity index is 665. The van der Waals surface area contributed by atoms with Crippen molar-refractivity contribution in [2.45, 2.75) is 25.8 Å². The highest BCUT2D eigenvalue weighted by atomic mass is 16.2. The van der Waals surface area contributed by atoms with Crippen LogP contribution in [0, 0.1) is 12.8 Å². The van der Waals surface area contributed by atoms with Crippen molar-refractivity contribution >= 4 is 5.91 Å². The van der Waals surface area contributed by atoms with E-state index in [0.717, 1.165) is 18.5 Å². The van der Waals surface area contributed by atoms with E-state index in [-0.39, 0.29) is 11.9 Å². The number of carbonyl (C=O) groups excluding carboxylic acids is 1. The van der Waals surface area contributed by atoms with Gasteiger partial charge in [-0.1, -0.05) is 0 Å². The van der Waals surface area contributed by atoms with E-state index < -0.39 is 0 Å². The quantitative estimate of drug-likeness (QED) is 0.881. The van der Waals surface area contributed by atoms with E-state index in [1.165, 1.54) is 4.80 Å². The smallest absolute Gasteiger partial charge is 0.274 e. The third kappa shape index (κ3) is 2.71. The molecule has 7 nitrogen and oxygen atoms in total. The molecule has 22 heavy (non-hydrogen) atoms. The van der Waals surface area contributed by atoms with E-state index in [1.54, 1.807) is 24.3 Å². The van der Waals surface area contributed by atoms with E-state index in [9.17, 15) is 4.79 Å². The largest absolute Gasteiger partial charge is 0.336 e. The van der Waals surface area contributed by atoms with Gasteiger partial charge in [0.1, 0.15) is 5.69 Å². The molecule has 1 fully saturated rings. The van der Waals surface area contributed by atoms with Gasteiger partial charge in [-0.05, 0) is 37.8 Å². The molecule has 1 aliphatic carbocycles. The van der Waals surface area contributed by atoms with Crippen LogP contribution in [0.2, 0.25) is 0 Å². The van der Waals surface area contributed by atoms with Gasteiger partial charge in [0.2, 0.25) is 0 Å². The minimum Gasteiger partial charge on any atom is -0.336 e. The number of likely N-dealkylation sites (N-methyl/N-ethyl adjacent to an activating group) is 1. The predicted molar refractivity (Wildman–Crippen MR) is 81.6 cm³/mol. The number of nitrogens with zero attached hydrogens (tertiary/aromatic N) is 5. The summed E-state index contributed by atoms with van der Waals surface area (Å²) in [6, 6.07) is 3.72. The molecule has 116 valence electrons. The Morgan fingerprint density at radius 3 is 2.68 bits per heavy atom. The Kier molecular flexibility index (Phi) is 3.89. The Labute approximate surface area is 129 Å². The van der Waals surface area contributed by atoms with Crippen LogP contribution < -0.4 is 5.73 Å². The number of aryl methyl sites for hydroxylation is 1. The Morgan fingerprint density at radius 1 is 1.41 bits per heavy atom. The highest BCUT2D eigenvalue weighted by Crippen LogP contribution is 2.35. The Balaban J connectivity index is 1.96. The summed E-state index contributed by atoms with van der Waals surface area (Å²) in [6.45, 7) is 2.33. The van der Waals surface area contributed by atoms with Crippen LogP contribution in [0.1, 0.15) is 29.0 Å². The minimum absolute atomic E-state index is 0.0632. The number of hydrogen-bond donors (Lipinski definition) is 1. The molecule has 1 atom stereocenters. The number of nitrogens with two attached hydrogens (primary N) is 1. The summed E-state index contributed by atoms with van der Waals surface area (Å²) in [7, 11) is 1.79. The third-order valence-corrected chi connectivity index (χ3v) is 4.08. The van der Waals surface area contributed by atoms with Gasteiger partial charge in [0.05, 0.1) is 12.4 Å². The van der Waals surface area contributed by atoms with E-state index in [2.05, 4.69) is 15.2 Å². The first kappa shape index (κ1) is 14.6. The fourth-order valence-corrected chi connectivity index (χ4v) is 2.67. The van der Waals surface area contributed by atoms with E-state index in [1.807, 2.05) is 19.1 Å². The Morgan fingerprint density at radius 2 is 2.09 bits per heavy atom. The molecule has 2 aromatic rings. The molecule has 2 aromatic heterocycles. The first-order chi connectivity index (χ1) is 10.6. The van der Waals surface area contributed by atoms with Gasteiger partial charge in [-0.25, -0.2) is 4.98 Å². The van der Waals surface area contributed by atoms with Gasteiger partial charge in [0, 0.05) is 25.3 Å². The number of carbonyl (C=O) groups is 1. The molecule has 1 aliphatic rings. The summed E-state index contributed by atoms with van der Waals surface area (Å²) in [5.74, 6) is 0.369. The molecule has 0 aromatic carbocycles. The molecule has 7 heteroatoms. The van der Waals surface area contributed by atoms with Crippen molar-refractivity contribution in [3.63, 3.8) is 0 Å². The molecular formula is C15H20N6O. The molecule has 0 bridgehead atoms. The maximum atomic E-state index is 12.9. The number of pyridine rings is 1. The topological polar surface area (TPSA) is 89.9 Å². The maximum absolute atomic E-state index is 12.9. The van der Waals surface area contributed by atoms with Crippen LogP contribution in [-0.2, 0) is 0 Å². The lowest BCUT2D eigenvalue weighted by molar-refractivity contribution is 0.0712. The highest BCUT2D eigenvalue weighted by Gasteiger charge is 2.36. The van der Waals surface area contributed by atoms with Crippen molar-refractivity contribution in [2.24, 2.45) is 11.7 Å². The highest BCUT2D eigenvalue weighted by molar-refractivity contribution is 5.95. The van der Waals surface area contributed by atoms with Gasteiger partial charge < -0.3 is 10.6 Å². The van der Waals surface area contributed by atoms with E-state index in [0.29, 0.717) is 23.8 Å². The molecule has 2 heterocycles. The zero-order valence-electron chi connectivity index (χ0n) is 12.8. The van der Waals surface area contributed by atoms with Gasteiger partial charge in [0.15, 0.2) is 5.69 Å². The van der Waals surface area contributed by atoms with Crippen LogP contribution in [0.25, 0.3) is 5.69 Å². The summed E-state index contributed by atoms with van der Waals surface area (Å²) < 4.78 is 0. The molecule has 0 radical (unpaired) electrons. The molecule has 0 aliphatic heterocycles. The number of amides is 1. The minimum atomic E-state index is -0.140. The second-order valence-corrected chi connectivity index (χ2v) is 5.70. The standard InChI is InChI=1S/C15H20N6O/c1-10-3-6-12(21-17-7-8-18-21)14(19-10)15(22)20(2)13(9-16)11-4-5-11/h3,6-8,11,13H,4-5,9,16H2,1-2H3. The molecule has 0 spiro atoms. The fraction of sp³-hybridized carbons (Fsp3) is 0.467. The van der Waals surface area contributed by atoms with Crippen molar-refractivity contribution in [1.29, 1.82) is 0 Å². The lowest BCUT2D eigenvalue weighted by atomic mass is 10.1. The van der Waals surface area contributed by atoms with Gasteiger partial charge in [-0.3, -0.25) is 4.79 Å². The van der Waals surface area contributed by atoms with Gasteiger partial charge in [-0.15, -0.1) is 4.80 Å². The van der Waals surface area contributed by atoms with Crippen LogP contribution >= 0.6 is 0 Å². The molecule has 1 unspecified atom stereocenters. The average Bonchev–Trinajstić information content (AvgIpc) is 3.20. The number of rotatable bonds is 5. The second-order valence-electron chi connectivity index (χ2n) is 5.70. The van der Waals surface area contributed by atoms with E-state index >= 15 is 0 Å². The van der Waals surface area contributed by atoms with Crippen molar-refractivity contribution in [2.75, 3.05) is 13.6 Å². The van der Waals surface area contributed by atoms with Gasteiger partial charge in [0.25, 0.3) is 5.91 Å². The fourth-order valence-electron chi connectivity index (χ4n) is 2.67. The summed E-state index contributed by atoms with van der Waals surface area (Å²) in [4.78, 5) is 20.4.